The summed E-state index contributed by atoms with van der Waals surface area (Å²) in [5, 5.41) is 7.25. The SMILES string of the molecule is CC(=O)CC(=O)NC1CCN(Cc2ccc3c(c2)Nc2nccnc2S3)CC1. The van der Waals surface area contributed by atoms with Crippen molar-refractivity contribution in [3.63, 3.8) is 0 Å². The number of ketones is 1. The average molecular weight is 398 g/mol. The maximum atomic E-state index is 11.8. The van der Waals surface area contributed by atoms with E-state index in [0.717, 1.165) is 53.9 Å². The van der Waals surface area contributed by atoms with Gasteiger partial charge in [0.25, 0.3) is 0 Å². The Morgan fingerprint density at radius 3 is 2.82 bits per heavy atom. The number of carbonyl (C=O) groups is 2. The molecule has 1 amide bonds. The number of hydrogen-bond acceptors (Lipinski definition) is 7. The number of rotatable bonds is 5. The fourth-order valence-corrected chi connectivity index (χ4v) is 4.46. The Morgan fingerprint density at radius 2 is 2.04 bits per heavy atom. The molecule has 1 aromatic carbocycles. The van der Waals surface area contributed by atoms with Crippen LogP contribution in [0.4, 0.5) is 11.5 Å². The Kier molecular flexibility index (Phi) is 5.59. The molecule has 7 nitrogen and oxygen atoms in total. The number of aromatic nitrogens is 2. The van der Waals surface area contributed by atoms with Crippen molar-refractivity contribution in [2.24, 2.45) is 0 Å². The molecule has 0 bridgehead atoms. The van der Waals surface area contributed by atoms with Gasteiger partial charge >= 0.3 is 0 Å². The van der Waals surface area contributed by atoms with E-state index in [0.29, 0.717) is 0 Å². The van der Waals surface area contributed by atoms with Crippen molar-refractivity contribution in [3.05, 3.63) is 36.2 Å². The van der Waals surface area contributed by atoms with Gasteiger partial charge in [0.05, 0.1) is 12.1 Å². The quantitative estimate of drug-likeness (QED) is 0.640. The third kappa shape index (κ3) is 4.51. The Labute approximate surface area is 168 Å². The third-order valence-electron chi connectivity index (χ3n) is 4.94. The van der Waals surface area contributed by atoms with Crippen LogP contribution < -0.4 is 10.6 Å². The molecule has 28 heavy (non-hydrogen) atoms. The van der Waals surface area contributed by atoms with Gasteiger partial charge in [-0.1, -0.05) is 17.8 Å². The maximum absolute atomic E-state index is 11.8. The number of amides is 1. The molecule has 0 saturated carbocycles. The molecule has 2 aromatic rings. The summed E-state index contributed by atoms with van der Waals surface area (Å²) < 4.78 is 0. The van der Waals surface area contributed by atoms with Gasteiger partial charge in [0.1, 0.15) is 10.8 Å². The molecule has 0 atom stereocenters. The van der Waals surface area contributed by atoms with Gasteiger partial charge in [-0.15, -0.1) is 0 Å². The van der Waals surface area contributed by atoms with E-state index < -0.39 is 0 Å². The zero-order valence-electron chi connectivity index (χ0n) is 15.8. The number of nitrogens with zero attached hydrogens (tertiary/aromatic N) is 3. The van der Waals surface area contributed by atoms with Crippen LogP contribution in [0.3, 0.4) is 0 Å². The third-order valence-corrected chi connectivity index (χ3v) is 6.00. The summed E-state index contributed by atoms with van der Waals surface area (Å²) in [6, 6.07) is 6.64. The summed E-state index contributed by atoms with van der Waals surface area (Å²) in [5.74, 6) is 0.551. The number of carbonyl (C=O) groups excluding carboxylic acids is 2. The van der Waals surface area contributed by atoms with Gasteiger partial charge in [-0.05, 0) is 37.5 Å². The standard InChI is InChI=1S/C20H23N5O2S/c1-13(26)10-18(27)23-15-4-8-25(9-5-15)12-14-2-3-17-16(11-14)24-19-20(28-17)22-7-6-21-19/h2-3,6-7,11,15H,4-5,8-10,12H2,1H3,(H,21,24)(H,23,27). The molecular formula is C20H23N5O2S. The normalized spacial score (nSPS) is 16.6. The monoisotopic (exact) mass is 397 g/mol. The predicted molar refractivity (Wildman–Crippen MR) is 108 cm³/mol. The summed E-state index contributed by atoms with van der Waals surface area (Å²) >= 11 is 1.63. The van der Waals surface area contributed by atoms with Gasteiger partial charge in [-0.25, -0.2) is 9.97 Å². The van der Waals surface area contributed by atoms with Crippen LogP contribution >= 0.6 is 11.8 Å². The second kappa shape index (κ2) is 8.28. The smallest absolute Gasteiger partial charge is 0.227 e. The summed E-state index contributed by atoms with van der Waals surface area (Å²) in [7, 11) is 0. The van der Waals surface area contributed by atoms with E-state index in [9.17, 15) is 9.59 Å². The molecule has 0 spiro atoms. The van der Waals surface area contributed by atoms with Gasteiger partial charge in [0.15, 0.2) is 5.82 Å². The van der Waals surface area contributed by atoms with Gasteiger partial charge in [-0.3, -0.25) is 14.5 Å². The number of hydrogen-bond donors (Lipinski definition) is 2. The Balaban J connectivity index is 1.32. The summed E-state index contributed by atoms with van der Waals surface area (Å²) in [6.45, 7) is 4.18. The highest BCUT2D eigenvalue weighted by molar-refractivity contribution is 7.99. The van der Waals surface area contributed by atoms with Crippen molar-refractivity contribution in [1.82, 2.24) is 20.2 Å². The molecule has 8 heteroatoms. The first-order chi connectivity index (χ1) is 13.6. The van der Waals surface area contributed by atoms with Crippen molar-refractivity contribution >= 4 is 35.0 Å². The number of Topliss-reactive ketones (excluding diaryl/α,β-unsaturated/α-hetero) is 1. The lowest BCUT2D eigenvalue weighted by Crippen LogP contribution is -2.44. The van der Waals surface area contributed by atoms with Crippen molar-refractivity contribution in [2.45, 2.75) is 48.7 Å². The Bertz CT molecular complexity index is 896. The van der Waals surface area contributed by atoms with Crippen LogP contribution in [-0.4, -0.2) is 45.7 Å². The van der Waals surface area contributed by atoms with Crippen LogP contribution in [0.5, 0.6) is 0 Å². The predicted octanol–water partition coefficient (Wildman–Crippen LogP) is 2.74. The molecule has 1 saturated heterocycles. The van der Waals surface area contributed by atoms with E-state index in [1.165, 1.54) is 12.5 Å². The number of anilines is 2. The lowest BCUT2D eigenvalue weighted by Gasteiger charge is -2.32. The first kappa shape index (κ1) is 18.9. The first-order valence-electron chi connectivity index (χ1n) is 9.47. The minimum Gasteiger partial charge on any atom is -0.353 e. The van der Waals surface area contributed by atoms with Crippen LogP contribution in [0.25, 0.3) is 0 Å². The minimum absolute atomic E-state index is 0.0200. The Hall–Kier alpha value is -2.45. The van der Waals surface area contributed by atoms with E-state index in [-0.39, 0.29) is 24.2 Å². The van der Waals surface area contributed by atoms with Crippen LogP contribution in [0.1, 0.15) is 31.7 Å². The average Bonchev–Trinajstić information content (AvgIpc) is 2.67. The first-order valence-corrected chi connectivity index (χ1v) is 10.3. The molecule has 146 valence electrons. The number of fused-ring (bicyclic) bond motifs is 2. The molecule has 0 radical (unpaired) electrons. The van der Waals surface area contributed by atoms with Crippen LogP contribution in [0.2, 0.25) is 0 Å². The topological polar surface area (TPSA) is 87.2 Å². The minimum atomic E-state index is -0.160. The zero-order valence-corrected chi connectivity index (χ0v) is 16.6. The number of likely N-dealkylation sites (tertiary alicyclic amines) is 1. The van der Waals surface area contributed by atoms with Crippen molar-refractivity contribution < 1.29 is 9.59 Å². The van der Waals surface area contributed by atoms with E-state index >= 15 is 0 Å². The van der Waals surface area contributed by atoms with Crippen molar-refractivity contribution in [3.8, 4) is 0 Å². The molecule has 0 aliphatic carbocycles. The van der Waals surface area contributed by atoms with E-state index in [1.807, 2.05) is 0 Å². The highest BCUT2D eigenvalue weighted by Gasteiger charge is 2.22. The van der Waals surface area contributed by atoms with Crippen LogP contribution in [0, 0.1) is 0 Å². The molecule has 2 aliphatic heterocycles. The van der Waals surface area contributed by atoms with E-state index in [2.05, 4.69) is 43.7 Å². The summed E-state index contributed by atoms with van der Waals surface area (Å²) in [5.41, 5.74) is 2.32. The van der Waals surface area contributed by atoms with Gasteiger partial charge in [-0.2, -0.15) is 0 Å². The summed E-state index contributed by atoms with van der Waals surface area (Å²) in [6.07, 6.45) is 5.20. The van der Waals surface area contributed by atoms with E-state index in [1.54, 1.807) is 24.2 Å². The summed E-state index contributed by atoms with van der Waals surface area (Å²) in [4.78, 5) is 35.1. The Morgan fingerprint density at radius 1 is 1.25 bits per heavy atom. The molecule has 2 aliphatic rings. The maximum Gasteiger partial charge on any atom is 0.227 e. The fraction of sp³-hybridized carbons (Fsp3) is 0.400. The molecule has 3 heterocycles. The fourth-order valence-electron chi connectivity index (χ4n) is 3.58. The lowest BCUT2D eigenvalue weighted by atomic mass is 10.0. The van der Waals surface area contributed by atoms with Crippen molar-refractivity contribution in [2.75, 3.05) is 18.4 Å². The van der Waals surface area contributed by atoms with Gasteiger partial charge < -0.3 is 10.6 Å². The lowest BCUT2D eigenvalue weighted by molar-refractivity contribution is -0.127. The second-order valence-electron chi connectivity index (χ2n) is 7.26. The number of benzene rings is 1. The molecule has 0 unspecified atom stereocenters. The van der Waals surface area contributed by atoms with Crippen LogP contribution in [0.15, 0.2) is 40.5 Å². The van der Waals surface area contributed by atoms with Gasteiger partial charge in [0.2, 0.25) is 5.91 Å². The molecule has 1 fully saturated rings. The number of nitrogens with one attached hydrogen (secondary N) is 2. The molecule has 1 aromatic heterocycles. The molecule has 4 rings (SSSR count). The van der Waals surface area contributed by atoms with Crippen LogP contribution in [-0.2, 0) is 16.1 Å². The highest BCUT2D eigenvalue weighted by atomic mass is 32.2. The zero-order chi connectivity index (χ0) is 19.5. The molecule has 2 N–H and O–H groups in total. The van der Waals surface area contributed by atoms with Crippen molar-refractivity contribution in [1.29, 1.82) is 0 Å². The largest absolute Gasteiger partial charge is 0.353 e. The molecular weight excluding hydrogens is 374 g/mol. The van der Waals surface area contributed by atoms with Gasteiger partial charge in [0, 0.05) is 43.0 Å². The van der Waals surface area contributed by atoms with E-state index in [4.69, 9.17) is 0 Å². The highest BCUT2D eigenvalue weighted by Crippen LogP contribution is 2.42. The second-order valence-corrected chi connectivity index (χ2v) is 8.30. The number of piperidine rings is 1.